The van der Waals surface area contributed by atoms with Crippen molar-refractivity contribution in [2.75, 3.05) is 0 Å². The minimum absolute atomic E-state index is 0.0980. The standard InChI is InChI=1S/C17H20ClNO/c1-3-13-4-7-15(8-5-13)20-16-9-6-14(10-12(2)19)17(18)11-16/h4-9,11-12H,3,10,19H2,1-2H3. The van der Waals surface area contributed by atoms with E-state index in [9.17, 15) is 0 Å². The molecule has 2 nitrogen and oxygen atoms in total. The summed E-state index contributed by atoms with van der Waals surface area (Å²) in [5.41, 5.74) is 8.14. The van der Waals surface area contributed by atoms with Gasteiger partial charge in [-0.3, -0.25) is 0 Å². The van der Waals surface area contributed by atoms with Crippen LogP contribution in [0.25, 0.3) is 0 Å². The lowest BCUT2D eigenvalue weighted by Gasteiger charge is -2.10. The lowest BCUT2D eigenvalue weighted by Crippen LogP contribution is -2.17. The maximum absolute atomic E-state index is 6.25. The molecule has 2 aromatic carbocycles. The van der Waals surface area contributed by atoms with Crippen molar-refractivity contribution in [2.24, 2.45) is 5.73 Å². The first-order valence-electron chi connectivity index (χ1n) is 6.89. The van der Waals surface area contributed by atoms with E-state index >= 15 is 0 Å². The molecule has 106 valence electrons. The van der Waals surface area contributed by atoms with Crippen molar-refractivity contribution in [1.82, 2.24) is 0 Å². The average Bonchev–Trinajstić information content (AvgIpc) is 2.42. The number of halogens is 1. The molecule has 0 bridgehead atoms. The second-order valence-electron chi connectivity index (χ2n) is 5.03. The van der Waals surface area contributed by atoms with Gasteiger partial charge in [-0.2, -0.15) is 0 Å². The van der Waals surface area contributed by atoms with Crippen molar-refractivity contribution in [3.8, 4) is 11.5 Å². The average molecular weight is 290 g/mol. The van der Waals surface area contributed by atoms with Gasteiger partial charge in [0.2, 0.25) is 0 Å². The molecule has 2 N–H and O–H groups in total. The highest BCUT2D eigenvalue weighted by Crippen LogP contribution is 2.27. The van der Waals surface area contributed by atoms with E-state index in [2.05, 4.69) is 19.1 Å². The highest BCUT2D eigenvalue weighted by molar-refractivity contribution is 6.31. The SMILES string of the molecule is CCc1ccc(Oc2ccc(CC(C)N)c(Cl)c2)cc1. The van der Waals surface area contributed by atoms with Crippen molar-refractivity contribution in [1.29, 1.82) is 0 Å². The van der Waals surface area contributed by atoms with Crippen LogP contribution in [0.5, 0.6) is 11.5 Å². The molecule has 0 spiro atoms. The number of nitrogens with two attached hydrogens (primary N) is 1. The van der Waals surface area contributed by atoms with Crippen LogP contribution < -0.4 is 10.5 Å². The van der Waals surface area contributed by atoms with Crippen molar-refractivity contribution in [3.63, 3.8) is 0 Å². The highest BCUT2D eigenvalue weighted by atomic mass is 35.5. The molecule has 2 aromatic rings. The van der Waals surface area contributed by atoms with Crippen molar-refractivity contribution >= 4 is 11.6 Å². The molecule has 1 atom stereocenters. The Labute approximate surface area is 125 Å². The van der Waals surface area contributed by atoms with Crippen LogP contribution >= 0.6 is 11.6 Å². The number of hydrogen-bond acceptors (Lipinski definition) is 2. The summed E-state index contributed by atoms with van der Waals surface area (Å²) in [6.07, 6.45) is 1.79. The third kappa shape index (κ3) is 3.99. The van der Waals surface area contributed by atoms with Gasteiger partial charge in [0.25, 0.3) is 0 Å². The van der Waals surface area contributed by atoms with Gasteiger partial charge in [0.15, 0.2) is 0 Å². The first-order chi connectivity index (χ1) is 9.58. The van der Waals surface area contributed by atoms with Crippen molar-refractivity contribution < 1.29 is 4.74 Å². The molecule has 2 rings (SSSR count). The summed E-state index contributed by atoms with van der Waals surface area (Å²) in [5, 5.41) is 0.699. The smallest absolute Gasteiger partial charge is 0.128 e. The van der Waals surface area contributed by atoms with Crippen LogP contribution in [0.1, 0.15) is 25.0 Å². The molecule has 0 aliphatic heterocycles. The largest absolute Gasteiger partial charge is 0.457 e. The van der Waals surface area contributed by atoms with E-state index in [1.165, 1.54) is 5.56 Å². The normalized spacial score (nSPS) is 12.2. The van der Waals surface area contributed by atoms with E-state index in [0.29, 0.717) is 5.02 Å². The lowest BCUT2D eigenvalue weighted by molar-refractivity contribution is 0.482. The van der Waals surface area contributed by atoms with E-state index < -0.39 is 0 Å². The van der Waals surface area contributed by atoms with Crippen LogP contribution in [0.2, 0.25) is 5.02 Å². The van der Waals surface area contributed by atoms with Gasteiger partial charge in [-0.05, 0) is 55.2 Å². The van der Waals surface area contributed by atoms with E-state index in [1.54, 1.807) is 0 Å². The summed E-state index contributed by atoms with van der Waals surface area (Å²) in [4.78, 5) is 0. The minimum atomic E-state index is 0.0980. The third-order valence-electron chi connectivity index (χ3n) is 3.13. The number of benzene rings is 2. The molecule has 3 heteroatoms. The Hall–Kier alpha value is -1.51. The van der Waals surface area contributed by atoms with Gasteiger partial charge in [0.1, 0.15) is 11.5 Å². The first-order valence-corrected chi connectivity index (χ1v) is 7.27. The number of ether oxygens (including phenoxy) is 1. The summed E-state index contributed by atoms with van der Waals surface area (Å²) in [7, 11) is 0. The maximum Gasteiger partial charge on any atom is 0.128 e. The molecule has 20 heavy (non-hydrogen) atoms. The zero-order valence-corrected chi connectivity index (χ0v) is 12.7. The predicted octanol–water partition coefficient (Wildman–Crippen LogP) is 4.58. The van der Waals surface area contributed by atoms with E-state index in [4.69, 9.17) is 22.1 Å². The molecular weight excluding hydrogens is 270 g/mol. The van der Waals surface area contributed by atoms with Crippen LogP contribution in [-0.4, -0.2) is 6.04 Å². The Balaban J connectivity index is 2.11. The van der Waals surface area contributed by atoms with Crippen LogP contribution in [0, 0.1) is 0 Å². The van der Waals surface area contributed by atoms with Crippen molar-refractivity contribution in [3.05, 3.63) is 58.6 Å². The fraction of sp³-hybridized carbons (Fsp3) is 0.294. The Bertz CT molecular complexity index is 564. The Kier molecular flexibility index (Phi) is 5.05. The molecule has 0 saturated heterocycles. The molecule has 1 unspecified atom stereocenters. The summed E-state index contributed by atoms with van der Waals surface area (Å²) in [6.45, 7) is 4.10. The molecule has 0 heterocycles. The van der Waals surface area contributed by atoms with Gasteiger partial charge in [0, 0.05) is 11.1 Å². The first kappa shape index (κ1) is 14.9. The molecule has 0 aliphatic rings. The molecule has 0 amide bonds. The van der Waals surface area contributed by atoms with E-state index in [-0.39, 0.29) is 6.04 Å². The predicted molar refractivity (Wildman–Crippen MR) is 84.7 cm³/mol. The topological polar surface area (TPSA) is 35.2 Å². The van der Waals surface area contributed by atoms with Crippen molar-refractivity contribution in [2.45, 2.75) is 32.7 Å². The fourth-order valence-corrected chi connectivity index (χ4v) is 2.28. The number of aryl methyl sites for hydroxylation is 1. The molecular formula is C17H20ClNO. The van der Waals surface area contributed by atoms with Gasteiger partial charge in [-0.25, -0.2) is 0 Å². The molecule has 0 saturated carbocycles. The quantitative estimate of drug-likeness (QED) is 0.874. The number of rotatable bonds is 5. The van der Waals surface area contributed by atoms with Crippen LogP contribution in [-0.2, 0) is 12.8 Å². The minimum Gasteiger partial charge on any atom is -0.457 e. The van der Waals surface area contributed by atoms with Crippen LogP contribution in [0.3, 0.4) is 0 Å². The molecule has 0 aliphatic carbocycles. The maximum atomic E-state index is 6.25. The zero-order valence-electron chi connectivity index (χ0n) is 11.9. The molecule has 0 aromatic heterocycles. The summed E-state index contributed by atoms with van der Waals surface area (Å²) in [6, 6.07) is 13.9. The summed E-state index contributed by atoms with van der Waals surface area (Å²) >= 11 is 6.25. The Morgan fingerprint density at radius 3 is 2.30 bits per heavy atom. The molecule has 0 radical (unpaired) electrons. The van der Waals surface area contributed by atoms with Gasteiger partial charge < -0.3 is 10.5 Å². The number of hydrogen-bond donors (Lipinski definition) is 1. The van der Waals surface area contributed by atoms with Gasteiger partial charge >= 0.3 is 0 Å². The zero-order chi connectivity index (χ0) is 14.5. The summed E-state index contributed by atoms with van der Waals surface area (Å²) in [5.74, 6) is 1.56. The van der Waals surface area contributed by atoms with Crippen LogP contribution in [0.15, 0.2) is 42.5 Å². The Morgan fingerprint density at radius 1 is 1.10 bits per heavy atom. The van der Waals surface area contributed by atoms with Gasteiger partial charge in [-0.15, -0.1) is 0 Å². The molecule has 0 fully saturated rings. The second kappa shape index (κ2) is 6.78. The van der Waals surface area contributed by atoms with E-state index in [0.717, 1.165) is 29.9 Å². The fourth-order valence-electron chi connectivity index (χ4n) is 2.03. The second-order valence-corrected chi connectivity index (χ2v) is 5.44. The van der Waals surface area contributed by atoms with Gasteiger partial charge in [-0.1, -0.05) is 36.7 Å². The van der Waals surface area contributed by atoms with E-state index in [1.807, 2.05) is 37.3 Å². The summed E-state index contributed by atoms with van der Waals surface area (Å²) < 4.78 is 5.80. The highest BCUT2D eigenvalue weighted by Gasteiger charge is 2.06. The Morgan fingerprint density at radius 2 is 1.75 bits per heavy atom. The lowest BCUT2D eigenvalue weighted by atomic mass is 10.1. The van der Waals surface area contributed by atoms with Gasteiger partial charge in [0.05, 0.1) is 0 Å². The van der Waals surface area contributed by atoms with Crippen LogP contribution in [0.4, 0.5) is 0 Å². The monoisotopic (exact) mass is 289 g/mol. The third-order valence-corrected chi connectivity index (χ3v) is 3.49.